The molecule has 18 heavy (non-hydrogen) atoms. The van der Waals surface area contributed by atoms with Gasteiger partial charge in [-0.15, -0.1) is 0 Å². The third-order valence-corrected chi connectivity index (χ3v) is 4.17. The summed E-state index contributed by atoms with van der Waals surface area (Å²) in [5.41, 5.74) is 5.34. The van der Waals surface area contributed by atoms with Gasteiger partial charge in [0.25, 0.3) is 0 Å². The molecule has 0 radical (unpaired) electrons. The van der Waals surface area contributed by atoms with Crippen molar-refractivity contribution < 1.29 is 14.3 Å². The number of thiocarbonyl (C=S) groups is 1. The second-order valence-electron chi connectivity index (χ2n) is 5.02. The minimum Gasteiger partial charge on any atom is -0.391 e. The Kier molecular flexibility index (Phi) is 4.19. The van der Waals surface area contributed by atoms with Crippen molar-refractivity contribution in [3.05, 3.63) is 0 Å². The van der Waals surface area contributed by atoms with E-state index in [9.17, 15) is 4.79 Å². The Morgan fingerprint density at radius 3 is 2.83 bits per heavy atom. The highest BCUT2D eigenvalue weighted by atomic mass is 32.1. The van der Waals surface area contributed by atoms with E-state index < -0.39 is 0 Å². The Bertz CT molecular complexity index is 339. The average molecular weight is 272 g/mol. The number of hydrogen-bond acceptors (Lipinski definition) is 4. The summed E-state index contributed by atoms with van der Waals surface area (Å²) in [5.74, 6) is 0.112. The summed E-state index contributed by atoms with van der Waals surface area (Å²) in [4.78, 5) is 14.3. The van der Waals surface area contributed by atoms with Crippen molar-refractivity contribution in [2.75, 3.05) is 26.8 Å². The zero-order valence-corrected chi connectivity index (χ0v) is 11.5. The molecule has 2 aliphatic rings. The minimum absolute atomic E-state index is 0.112. The van der Waals surface area contributed by atoms with Gasteiger partial charge < -0.3 is 20.1 Å². The molecule has 0 aromatic heterocycles. The molecule has 0 aromatic rings. The first-order chi connectivity index (χ1) is 8.56. The van der Waals surface area contributed by atoms with Gasteiger partial charge in [0.05, 0.1) is 25.2 Å². The molecule has 1 aliphatic heterocycles. The van der Waals surface area contributed by atoms with Crippen LogP contribution in [0.25, 0.3) is 0 Å². The fourth-order valence-corrected chi connectivity index (χ4v) is 2.60. The maximum atomic E-state index is 12.2. The van der Waals surface area contributed by atoms with Crippen molar-refractivity contribution >= 4 is 23.1 Å². The number of carbonyl (C=O) groups excluding carboxylic acids is 1. The Hall–Kier alpha value is -0.720. The molecule has 2 rings (SSSR count). The zero-order chi connectivity index (χ0) is 13.2. The van der Waals surface area contributed by atoms with Crippen LogP contribution in [0.2, 0.25) is 0 Å². The predicted molar refractivity (Wildman–Crippen MR) is 71.3 cm³/mol. The van der Waals surface area contributed by atoms with Crippen LogP contribution >= 0.6 is 12.2 Å². The molecule has 1 amide bonds. The number of morpholine rings is 1. The van der Waals surface area contributed by atoms with Crippen LogP contribution < -0.4 is 5.73 Å². The lowest BCUT2D eigenvalue weighted by Gasteiger charge is -2.42. The van der Waals surface area contributed by atoms with Crippen LogP contribution in [0.3, 0.4) is 0 Å². The van der Waals surface area contributed by atoms with E-state index in [2.05, 4.69) is 0 Å². The maximum Gasteiger partial charge on any atom is 0.225 e. The number of nitrogens with two attached hydrogens (primary N) is 1. The summed E-state index contributed by atoms with van der Waals surface area (Å²) < 4.78 is 10.9. The summed E-state index contributed by atoms with van der Waals surface area (Å²) in [6.45, 7) is 1.57. The van der Waals surface area contributed by atoms with Gasteiger partial charge in [0, 0.05) is 13.7 Å². The number of carbonyl (C=O) groups is 1. The van der Waals surface area contributed by atoms with E-state index in [-0.39, 0.29) is 17.6 Å². The molecule has 102 valence electrons. The average Bonchev–Trinajstić information content (AvgIpc) is 2.33. The first kappa shape index (κ1) is 13.7. The van der Waals surface area contributed by atoms with Gasteiger partial charge in [-0.2, -0.15) is 0 Å². The number of amides is 1. The highest BCUT2D eigenvalue weighted by Gasteiger charge is 2.40. The lowest BCUT2D eigenvalue weighted by Crippen LogP contribution is -2.52. The molecule has 2 fully saturated rings. The highest BCUT2D eigenvalue weighted by molar-refractivity contribution is 7.80. The molecule has 1 atom stereocenters. The van der Waals surface area contributed by atoms with Crippen molar-refractivity contribution in [1.82, 2.24) is 4.90 Å². The van der Waals surface area contributed by atoms with Crippen LogP contribution in [0, 0.1) is 0 Å². The summed E-state index contributed by atoms with van der Waals surface area (Å²) in [6, 6.07) is 0. The topological polar surface area (TPSA) is 64.8 Å². The van der Waals surface area contributed by atoms with Gasteiger partial charge >= 0.3 is 0 Å². The van der Waals surface area contributed by atoms with Gasteiger partial charge in [0.15, 0.2) is 0 Å². The van der Waals surface area contributed by atoms with Crippen molar-refractivity contribution in [3.8, 4) is 0 Å². The number of methoxy groups -OCH3 is 1. The number of nitrogens with zero attached hydrogens (tertiary/aromatic N) is 1. The van der Waals surface area contributed by atoms with Gasteiger partial charge in [0.1, 0.15) is 11.1 Å². The zero-order valence-electron chi connectivity index (χ0n) is 10.7. The Morgan fingerprint density at radius 2 is 2.33 bits per heavy atom. The highest BCUT2D eigenvalue weighted by Crippen LogP contribution is 2.38. The van der Waals surface area contributed by atoms with Gasteiger partial charge in [0.2, 0.25) is 5.91 Å². The lowest BCUT2D eigenvalue weighted by atomic mass is 9.77. The van der Waals surface area contributed by atoms with E-state index in [1.165, 1.54) is 0 Å². The minimum atomic E-state index is -0.308. The van der Waals surface area contributed by atoms with Crippen molar-refractivity contribution in [1.29, 1.82) is 0 Å². The van der Waals surface area contributed by atoms with E-state index in [0.717, 1.165) is 19.3 Å². The molecule has 1 aliphatic carbocycles. The van der Waals surface area contributed by atoms with Crippen molar-refractivity contribution in [2.45, 2.75) is 37.4 Å². The third kappa shape index (κ3) is 2.81. The number of rotatable bonds is 4. The molecule has 1 saturated heterocycles. The van der Waals surface area contributed by atoms with E-state index in [1.54, 1.807) is 12.0 Å². The molecule has 6 heteroatoms. The van der Waals surface area contributed by atoms with Crippen LogP contribution in [0.1, 0.15) is 25.7 Å². The van der Waals surface area contributed by atoms with Crippen LogP contribution in [-0.4, -0.2) is 54.3 Å². The maximum absolute atomic E-state index is 12.2. The van der Waals surface area contributed by atoms with E-state index >= 15 is 0 Å². The molecule has 0 spiro atoms. The number of hydrogen-bond donors (Lipinski definition) is 1. The predicted octanol–water partition coefficient (Wildman–Crippen LogP) is 0.459. The monoisotopic (exact) mass is 272 g/mol. The number of ether oxygens (including phenoxy) is 2. The molecule has 1 saturated carbocycles. The van der Waals surface area contributed by atoms with Crippen molar-refractivity contribution in [3.63, 3.8) is 0 Å². The second kappa shape index (κ2) is 5.50. The standard InChI is InChI=1S/C12H20N2O3S/c1-16-12(3-2-4-12)7-10(15)14-5-6-17-9(8-14)11(13)18/h9H,2-8H2,1H3,(H2,13,18). The van der Waals surface area contributed by atoms with E-state index in [4.69, 9.17) is 27.4 Å². The quantitative estimate of drug-likeness (QED) is 0.753. The van der Waals surface area contributed by atoms with E-state index in [1.807, 2.05) is 0 Å². The smallest absolute Gasteiger partial charge is 0.225 e. The molecular formula is C12H20N2O3S. The SMILES string of the molecule is COC1(CC(=O)N2CCOC(C(N)=S)C2)CCC1. The fraction of sp³-hybridized carbons (Fsp3) is 0.833. The Balaban J connectivity index is 1.90. The second-order valence-corrected chi connectivity index (χ2v) is 5.49. The molecule has 1 heterocycles. The third-order valence-electron chi connectivity index (χ3n) is 3.91. The molecule has 5 nitrogen and oxygen atoms in total. The summed E-state index contributed by atoms with van der Waals surface area (Å²) >= 11 is 4.91. The molecule has 0 bridgehead atoms. The largest absolute Gasteiger partial charge is 0.391 e. The normalized spacial score (nSPS) is 26.5. The first-order valence-electron chi connectivity index (χ1n) is 6.30. The van der Waals surface area contributed by atoms with Crippen LogP contribution in [0.4, 0.5) is 0 Å². The fourth-order valence-electron chi connectivity index (χ4n) is 2.46. The molecular weight excluding hydrogens is 252 g/mol. The van der Waals surface area contributed by atoms with Crippen LogP contribution in [0.5, 0.6) is 0 Å². The van der Waals surface area contributed by atoms with Crippen molar-refractivity contribution in [2.24, 2.45) is 5.73 Å². The summed E-state index contributed by atoms with van der Waals surface area (Å²) in [6.07, 6.45) is 3.22. The first-order valence-corrected chi connectivity index (χ1v) is 6.71. The molecule has 2 N–H and O–H groups in total. The van der Waals surface area contributed by atoms with Gasteiger partial charge in [-0.3, -0.25) is 4.79 Å². The summed E-state index contributed by atoms with van der Waals surface area (Å²) in [7, 11) is 1.68. The Morgan fingerprint density at radius 1 is 1.61 bits per heavy atom. The van der Waals surface area contributed by atoms with Crippen LogP contribution in [0.15, 0.2) is 0 Å². The van der Waals surface area contributed by atoms with Gasteiger partial charge in [-0.25, -0.2) is 0 Å². The Labute approximate surface area is 113 Å². The molecule has 1 unspecified atom stereocenters. The van der Waals surface area contributed by atoms with E-state index in [0.29, 0.717) is 31.1 Å². The lowest BCUT2D eigenvalue weighted by molar-refractivity contribution is -0.149. The summed E-state index contributed by atoms with van der Waals surface area (Å²) in [5, 5.41) is 0. The molecule has 0 aromatic carbocycles. The van der Waals surface area contributed by atoms with Gasteiger partial charge in [-0.1, -0.05) is 12.2 Å². The van der Waals surface area contributed by atoms with Gasteiger partial charge in [-0.05, 0) is 19.3 Å². The van der Waals surface area contributed by atoms with Crippen LogP contribution in [-0.2, 0) is 14.3 Å².